The van der Waals surface area contributed by atoms with E-state index >= 15 is 0 Å². The lowest BCUT2D eigenvalue weighted by molar-refractivity contribution is 0.0936. The number of nitriles is 1. The predicted octanol–water partition coefficient (Wildman–Crippen LogP) is 1.64. The molecule has 1 unspecified atom stereocenters. The van der Waals surface area contributed by atoms with E-state index in [0.29, 0.717) is 6.42 Å². The summed E-state index contributed by atoms with van der Waals surface area (Å²) in [4.78, 5) is 15.2. The lowest BCUT2D eigenvalue weighted by atomic mass is 10.1. The summed E-state index contributed by atoms with van der Waals surface area (Å²) in [6.45, 7) is 1.87. The van der Waals surface area contributed by atoms with Gasteiger partial charge in [-0.1, -0.05) is 6.92 Å². The van der Waals surface area contributed by atoms with Crippen LogP contribution in [-0.2, 0) is 0 Å². The molecule has 1 N–H and O–H groups in total. The Kier molecular flexibility index (Phi) is 4.40. The molecule has 0 aliphatic carbocycles. The number of hydrogen-bond acceptors (Lipinski definition) is 3. The third kappa shape index (κ3) is 3.31. The van der Waals surface area contributed by atoms with Crippen molar-refractivity contribution in [2.75, 3.05) is 0 Å². The summed E-state index contributed by atoms with van der Waals surface area (Å²) in [5.41, 5.74) is 0.163. The minimum atomic E-state index is -0.555. The molecule has 5 heteroatoms. The molecule has 84 valence electrons. The molecule has 1 atom stereocenters. The zero-order valence-electron chi connectivity index (χ0n) is 8.90. The maximum absolute atomic E-state index is 12.8. The highest BCUT2D eigenvalue weighted by Gasteiger charge is 2.12. The first kappa shape index (κ1) is 12.1. The van der Waals surface area contributed by atoms with E-state index in [-0.39, 0.29) is 18.0 Å². The Labute approximate surface area is 93.1 Å². The molecule has 1 amide bonds. The van der Waals surface area contributed by atoms with Gasteiger partial charge in [-0.3, -0.25) is 9.78 Å². The Morgan fingerprint density at radius 3 is 3.00 bits per heavy atom. The van der Waals surface area contributed by atoms with Crippen molar-refractivity contribution in [3.8, 4) is 6.07 Å². The van der Waals surface area contributed by atoms with E-state index in [1.54, 1.807) is 0 Å². The molecule has 1 heterocycles. The number of rotatable bonds is 4. The van der Waals surface area contributed by atoms with Crippen molar-refractivity contribution in [1.82, 2.24) is 10.3 Å². The van der Waals surface area contributed by atoms with Gasteiger partial charge in [0, 0.05) is 12.2 Å². The van der Waals surface area contributed by atoms with Crippen LogP contribution in [0, 0.1) is 17.1 Å². The van der Waals surface area contributed by atoms with Crippen LogP contribution in [0.15, 0.2) is 18.5 Å². The van der Waals surface area contributed by atoms with Crippen molar-refractivity contribution in [2.45, 2.75) is 25.8 Å². The van der Waals surface area contributed by atoms with Crippen molar-refractivity contribution in [1.29, 1.82) is 5.26 Å². The Morgan fingerprint density at radius 2 is 2.44 bits per heavy atom. The molecule has 0 bridgehead atoms. The standard InChI is InChI=1S/C11H12FN3O/c1-2-10(3-4-13)15-11(16)8-5-9(12)7-14-6-8/h5-7,10H,2-3H2,1H3,(H,15,16). The summed E-state index contributed by atoms with van der Waals surface area (Å²) in [5.74, 6) is -0.963. The first-order valence-corrected chi connectivity index (χ1v) is 4.95. The number of aromatic nitrogens is 1. The van der Waals surface area contributed by atoms with Gasteiger partial charge in [-0.15, -0.1) is 0 Å². The number of pyridine rings is 1. The van der Waals surface area contributed by atoms with Crippen LogP contribution in [0.4, 0.5) is 4.39 Å². The third-order valence-electron chi connectivity index (χ3n) is 2.13. The van der Waals surface area contributed by atoms with Crippen LogP contribution in [0.2, 0.25) is 0 Å². The zero-order valence-corrected chi connectivity index (χ0v) is 8.90. The zero-order chi connectivity index (χ0) is 12.0. The van der Waals surface area contributed by atoms with E-state index in [0.717, 1.165) is 12.3 Å². The van der Waals surface area contributed by atoms with Gasteiger partial charge in [-0.25, -0.2) is 4.39 Å². The Hall–Kier alpha value is -1.96. The van der Waals surface area contributed by atoms with Gasteiger partial charge in [0.25, 0.3) is 5.91 Å². The van der Waals surface area contributed by atoms with E-state index < -0.39 is 11.7 Å². The van der Waals surface area contributed by atoms with Gasteiger partial charge in [-0.05, 0) is 12.5 Å². The number of nitrogens with one attached hydrogen (secondary N) is 1. The fraction of sp³-hybridized carbons (Fsp3) is 0.364. The second kappa shape index (κ2) is 5.81. The first-order chi connectivity index (χ1) is 7.67. The highest BCUT2D eigenvalue weighted by molar-refractivity contribution is 5.94. The highest BCUT2D eigenvalue weighted by Crippen LogP contribution is 2.03. The molecule has 0 radical (unpaired) electrons. The van der Waals surface area contributed by atoms with E-state index in [2.05, 4.69) is 10.3 Å². The fourth-order valence-electron chi connectivity index (χ4n) is 1.21. The minimum absolute atomic E-state index is 0.163. The Morgan fingerprint density at radius 1 is 1.69 bits per heavy atom. The summed E-state index contributed by atoms with van der Waals surface area (Å²) in [6.07, 6.45) is 3.22. The molecular formula is C11H12FN3O. The molecule has 0 saturated heterocycles. The predicted molar refractivity (Wildman–Crippen MR) is 56.0 cm³/mol. The average Bonchev–Trinajstić information content (AvgIpc) is 2.28. The van der Waals surface area contributed by atoms with Crippen LogP contribution in [0.1, 0.15) is 30.1 Å². The van der Waals surface area contributed by atoms with Crippen molar-refractivity contribution in [3.63, 3.8) is 0 Å². The monoisotopic (exact) mass is 221 g/mol. The van der Waals surface area contributed by atoms with Crippen LogP contribution in [0.5, 0.6) is 0 Å². The second-order valence-electron chi connectivity index (χ2n) is 3.33. The maximum atomic E-state index is 12.8. The summed E-state index contributed by atoms with van der Waals surface area (Å²) in [5, 5.41) is 11.2. The van der Waals surface area contributed by atoms with Gasteiger partial charge in [-0.2, -0.15) is 5.26 Å². The van der Waals surface area contributed by atoms with Gasteiger partial charge < -0.3 is 5.32 Å². The highest BCUT2D eigenvalue weighted by atomic mass is 19.1. The van der Waals surface area contributed by atoms with Gasteiger partial charge in [0.2, 0.25) is 0 Å². The molecule has 16 heavy (non-hydrogen) atoms. The second-order valence-corrected chi connectivity index (χ2v) is 3.33. The molecule has 1 aromatic rings. The largest absolute Gasteiger partial charge is 0.348 e. The van der Waals surface area contributed by atoms with Crippen molar-refractivity contribution in [3.05, 3.63) is 29.8 Å². The van der Waals surface area contributed by atoms with Crippen molar-refractivity contribution < 1.29 is 9.18 Å². The molecule has 0 aromatic carbocycles. The lowest BCUT2D eigenvalue weighted by Gasteiger charge is -2.13. The third-order valence-corrected chi connectivity index (χ3v) is 2.13. The van der Waals surface area contributed by atoms with Gasteiger partial charge >= 0.3 is 0 Å². The minimum Gasteiger partial charge on any atom is -0.348 e. The molecule has 0 saturated carbocycles. The maximum Gasteiger partial charge on any atom is 0.253 e. The summed E-state index contributed by atoms with van der Waals surface area (Å²) >= 11 is 0. The Balaban J connectivity index is 2.68. The molecular weight excluding hydrogens is 209 g/mol. The molecule has 4 nitrogen and oxygen atoms in total. The average molecular weight is 221 g/mol. The van der Waals surface area contributed by atoms with Crippen LogP contribution < -0.4 is 5.32 Å². The molecule has 0 fully saturated rings. The van der Waals surface area contributed by atoms with Gasteiger partial charge in [0.1, 0.15) is 5.82 Å². The molecule has 1 rings (SSSR count). The van der Waals surface area contributed by atoms with Crippen LogP contribution in [-0.4, -0.2) is 16.9 Å². The number of nitrogens with zero attached hydrogens (tertiary/aromatic N) is 2. The van der Waals surface area contributed by atoms with Gasteiger partial charge in [0.05, 0.1) is 24.3 Å². The van der Waals surface area contributed by atoms with E-state index in [1.165, 1.54) is 6.20 Å². The summed E-state index contributed by atoms with van der Waals surface area (Å²) < 4.78 is 12.8. The molecule has 1 aromatic heterocycles. The topological polar surface area (TPSA) is 65.8 Å². The number of carbonyl (C=O) groups excluding carboxylic acids is 1. The van der Waals surface area contributed by atoms with Crippen LogP contribution in [0.3, 0.4) is 0 Å². The SMILES string of the molecule is CCC(CC#N)NC(=O)c1cncc(F)c1. The van der Waals surface area contributed by atoms with Crippen LogP contribution >= 0.6 is 0 Å². The first-order valence-electron chi connectivity index (χ1n) is 4.95. The molecule has 0 aliphatic rings. The number of hydrogen-bond donors (Lipinski definition) is 1. The normalized spacial score (nSPS) is 11.6. The fourth-order valence-corrected chi connectivity index (χ4v) is 1.21. The number of halogens is 1. The van der Waals surface area contributed by atoms with E-state index in [1.807, 2.05) is 13.0 Å². The van der Waals surface area contributed by atoms with Crippen molar-refractivity contribution in [2.24, 2.45) is 0 Å². The summed E-state index contributed by atoms with van der Waals surface area (Å²) in [7, 11) is 0. The lowest BCUT2D eigenvalue weighted by Crippen LogP contribution is -2.34. The quantitative estimate of drug-likeness (QED) is 0.840. The Bertz CT molecular complexity index is 414. The van der Waals surface area contributed by atoms with Crippen LogP contribution in [0.25, 0.3) is 0 Å². The van der Waals surface area contributed by atoms with E-state index in [9.17, 15) is 9.18 Å². The van der Waals surface area contributed by atoms with E-state index in [4.69, 9.17) is 5.26 Å². The van der Waals surface area contributed by atoms with Gasteiger partial charge in [0.15, 0.2) is 0 Å². The smallest absolute Gasteiger partial charge is 0.253 e. The molecule has 0 spiro atoms. The molecule has 0 aliphatic heterocycles. The van der Waals surface area contributed by atoms with Crippen molar-refractivity contribution >= 4 is 5.91 Å². The number of carbonyl (C=O) groups is 1. The summed E-state index contributed by atoms with van der Waals surface area (Å²) in [6, 6.07) is 2.89. The number of amides is 1.